The molecule has 0 amide bonds. The molecule has 0 aliphatic rings. The average molecular weight is 312 g/mol. The second-order valence-electron chi connectivity index (χ2n) is 4.98. The SMILES string of the molecule is O=C(C=C(O)c1ccoc1)c1ccc(Cc2ccc(F)cc2)o1. The van der Waals surface area contributed by atoms with E-state index in [0.29, 0.717) is 17.7 Å². The third kappa shape index (κ3) is 3.58. The van der Waals surface area contributed by atoms with Gasteiger partial charge in [-0.25, -0.2) is 4.39 Å². The van der Waals surface area contributed by atoms with Crippen LogP contribution in [0.2, 0.25) is 0 Å². The third-order valence-corrected chi connectivity index (χ3v) is 3.28. The van der Waals surface area contributed by atoms with Crippen molar-refractivity contribution in [1.82, 2.24) is 0 Å². The smallest absolute Gasteiger partial charge is 0.224 e. The molecule has 0 atom stereocenters. The first-order valence-corrected chi connectivity index (χ1v) is 6.92. The second-order valence-corrected chi connectivity index (χ2v) is 4.98. The van der Waals surface area contributed by atoms with E-state index < -0.39 is 5.78 Å². The van der Waals surface area contributed by atoms with E-state index in [-0.39, 0.29) is 17.3 Å². The lowest BCUT2D eigenvalue weighted by atomic mass is 10.1. The first kappa shape index (κ1) is 14.8. The molecular weight excluding hydrogens is 299 g/mol. The summed E-state index contributed by atoms with van der Waals surface area (Å²) in [5.74, 6) is -0.244. The Balaban J connectivity index is 1.72. The molecule has 0 radical (unpaired) electrons. The van der Waals surface area contributed by atoms with Crippen LogP contribution in [0.1, 0.15) is 27.4 Å². The van der Waals surface area contributed by atoms with E-state index in [9.17, 15) is 14.3 Å². The van der Waals surface area contributed by atoms with Crippen molar-refractivity contribution in [2.45, 2.75) is 6.42 Å². The molecule has 0 bridgehead atoms. The topological polar surface area (TPSA) is 63.6 Å². The van der Waals surface area contributed by atoms with Crippen molar-refractivity contribution in [2.24, 2.45) is 0 Å². The molecule has 0 aliphatic carbocycles. The van der Waals surface area contributed by atoms with Crippen LogP contribution in [0.25, 0.3) is 5.76 Å². The number of furan rings is 2. The van der Waals surface area contributed by atoms with E-state index in [1.54, 1.807) is 30.3 Å². The maximum absolute atomic E-state index is 12.9. The minimum Gasteiger partial charge on any atom is -0.507 e. The summed E-state index contributed by atoms with van der Waals surface area (Å²) < 4.78 is 23.2. The van der Waals surface area contributed by atoms with Crippen molar-refractivity contribution in [3.63, 3.8) is 0 Å². The molecule has 0 saturated carbocycles. The van der Waals surface area contributed by atoms with E-state index in [2.05, 4.69) is 0 Å². The Morgan fingerprint density at radius 1 is 1.13 bits per heavy atom. The second kappa shape index (κ2) is 6.36. The van der Waals surface area contributed by atoms with Crippen LogP contribution >= 0.6 is 0 Å². The summed E-state index contributed by atoms with van der Waals surface area (Å²) in [5.41, 5.74) is 1.29. The van der Waals surface area contributed by atoms with Crippen molar-refractivity contribution in [3.8, 4) is 0 Å². The minimum atomic E-state index is -0.450. The quantitative estimate of drug-likeness (QED) is 0.431. The number of allylic oxidation sites excluding steroid dienone is 1. The molecule has 3 rings (SSSR count). The first-order valence-electron chi connectivity index (χ1n) is 6.92. The predicted molar refractivity (Wildman–Crippen MR) is 81.6 cm³/mol. The lowest BCUT2D eigenvalue weighted by Crippen LogP contribution is -1.94. The number of ketones is 1. The molecule has 1 N–H and O–H groups in total. The van der Waals surface area contributed by atoms with Gasteiger partial charge in [0.25, 0.3) is 0 Å². The maximum Gasteiger partial charge on any atom is 0.224 e. The zero-order valence-corrected chi connectivity index (χ0v) is 12.0. The van der Waals surface area contributed by atoms with Crippen molar-refractivity contribution in [2.75, 3.05) is 0 Å². The number of rotatable bonds is 5. The number of hydrogen-bond acceptors (Lipinski definition) is 4. The Bertz CT molecular complexity index is 826. The van der Waals surface area contributed by atoms with Crippen LogP contribution in [0.3, 0.4) is 0 Å². The molecule has 0 aliphatic heterocycles. The number of carbonyl (C=O) groups excluding carboxylic acids is 1. The van der Waals surface area contributed by atoms with Crippen LogP contribution in [-0.4, -0.2) is 10.9 Å². The molecule has 3 aromatic rings. The molecule has 116 valence electrons. The van der Waals surface area contributed by atoms with Gasteiger partial charge in [0, 0.05) is 12.5 Å². The number of aliphatic hydroxyl groups is 1. The van der Waals surface area contributed by atoms with Crippen LogP contribution in [0.15, 0.2) is 69.9 Å². The lowest BCUT2D eigenvalue weighted by molar-refractivity contribution is 0.101. The highest BCUT2D eigenvalue weighted by molar-refractivity contribution is 6.05. The van der Waals surface area contributed by atoms with E-state index >= 15 is 0 Å². The van der Waals surface area contributed by atoms with Crippen LogP contribution in [0, 0.1) is 5.82 Å². The zero-order valence-electron chi connectivity index (χ0n) is 12.0. The van der Waals surface area contributed by atoms with Crippen molar-refractivity contribution in [3.05, 3.63) is 89.5 Å². The standard InChI is InChI=1S/C18H13FO4/c19-14-3-1-12(2-4-14)9-15-5-6-18(23-15)17(21)10-16(20)13-7-8-22-11-13/h1-8,10-11,20H,9H2. The fraction of sp³-hybridized carbons (Fsp3) is 0.0556. The number of halogens is 1. The number of benzene rings is 1. The van der Waals surface area contributed by atoms with Crippen LogP contribution < -0.4 is 0 Å². The molecule has 0 spiro atoms. The summed E-state index contributed by atoms with van der Waals surface area (Å²) >= 11 is 0. The van der Waals surface area contributed by atoms with Gasteiger partial charge in [0.05, 0.1) is 11.8 Å². The summed E-state index contributed by atoms with van der Waals surface area (Å²) in [4.78, 5) is 12.1. The fourth-order valence-electron chi connectivity index (χ4n) is 2.10. The maximum atomic E-state index is 12.9. The number of hydrogen-bond donors (Lipinski definition) is 1. The van der Waals surface area contributed by atoms with Crippen LogP contribution in [-0.2, 0) is 6.42 Å². The number of carbonyl (C=O) groups is 1. The molecule has 2 heterocycles. The van der Waals surface area contributed by atoms with Gasteiger partial charge in [0.15, 0.2) is 5.76 Å². The van der Waals surface area contributed by atoms with Crippen LogP contribution in [0.5, 0.6) is 0 Å². The van der Waals surface area contributed by atoms with Gasteiger partial charge in [-0.1, -0.05) is 12.1 Å². The Kier molecular flexibility index (Phi) is 4.10. The normalized spacial score (nSPS) is 11.6. The molecule has 23 heavy (non-hydrogen) atoms. The first-order chi connectivity index (χ1) is 11.1. The Labute approximate surface area is 131 Å². The van der Waals surface area contributed by atoms with E-state index in [4.69, 9.17) is 8.83 Å². The molecule has 5 heteroatoms. The summed E-state index contributed by atoms with van der Waals surface area (Å²) in [6, 6.07) is 10.8. The van der Waals surface area contributed by atoms with Gasteiger partial charge < -0.3 is 13.9 Å². The molecule has 4 nitrogen and oxygen atoms in total. The highest BCUT2D eigenvalue weighted by atomic mass is 19.1. The Morgan fingerprint density at radius 3 is 2.61 bits per heavy atom. The molecule has 1 aromatic carbocycles. The van der Waals surface area contributed by atoms with Gasteiger partial charge in [-0.05, 0) is 35.9 Å². The zero-order chi connectivity index (χ0) is 16.2. The molecule has 0 fully saturated rings. The molecule has 2 aromatic heterocycles. The fourth-order valence-corrected chi connectivity index (χ4v) is 2.10. The van der Waals surface area contributed by atoms with E-state index in [1.807, 2.05) is 0 Å². The van der Waals surface area contributed by atoms with Crippen molar-refractivity contribution < 1.29 is 23.1 Å². The minimum absolute atomic E-state index is 0.122. The van der Waals surface area contributed by atoms with Gasteiger partial charge in [0.2, 0.25) is 5.78 Å². The van der Waals surface area contributed by atoms with Gasteiger partial charge >= 0.3 is 0 Å². The van der Waals surface area contributed by atoms with Crippen LogP contribution in [0.4, 0.5) is 4.39 Å². The van der Waals surface area contributed by atoms with Gasteiger partial charge in [-0.15, -0.1) is 0 Å². The largest absolute Gasteiger partial charge is 0.507 e. The molecule has 0 unspecified atom stereocenters. The number of aliphatic hydroxyl groups excluding tert-OH is 1. The average Bonchev–Trinajstić information content (AvgIpc) is 3.21. The summed E-state index contributed by atoms with van der Waals surface area (Å²) in [5, 5.41) is 9.81. The monoisotopic (exact) mass is 312 g/mol. The Hall–Kier alpha value is -3.08. The lowest BCUT2D eigenvalue weighted by Gasteiger charge is -1.98. The summed E-state index contributed by atoms with van der Waals surface area (Å²) in [6.45, 7) is 0. The summed E-state index contributed by atoms with van der Waals surface area (Å²) in [6.07, 6.45) is 4.26. The van der Waals surface area contributed by atoms with E-state index in [1.165, 1.54) is 24.7 Å². The van der Waals surface area contributed by atoms with E-state index in [0.717, 1.165) is 11.6 Å². The summed E-state index contributed by atoms with van der Waals surface area (Å²) in [7, 11) is 0. The van der Waals surface area contributed by atoms with Gasteiger partial charge in [-0.3, -0.25) is 4.79 Å². The van der Waals surface area contributed by atoms with Gasteiger partial charge in [-0.2, -0.15) is 0 Å². The van der Waals surface area contributed by atoms with Crippen molar-refractivity contribution in [1.29, 1.82) is 0 Å². The molecule has 0 saturated heterocycles. The highest BCUT2D eigenvalue weighted by Crippen LogP contribution is 2.17. The third-order valence-electron chi connectivity index (χ3n) is 3.28. The molecular formula is C18H13FO4. The van der Waals surface area contributed by atoms with Crippen molar-refractivity contribution >= 4 is 11.5 Å². The Morgan fingerprint density at radius 2 is 1.91 bits per heavy atom. The highest BCUT2D eigenvalue weighted by Gasteiger charge is 2.12. The predicted octanol–water partition coefficient (Wildman–Crippen LogP) is 4.38. The van der Waals surface area contributed by atoms with Gasteiger partial charge in [0.1, 0.15) is 23.6 Å².